The molecular formula is C20H24F3N7. The van der Waals surface area contributed by atoms with Gasteiger partial charge in [-0.2, -0.15) is 18.3 Å². The summed E-state index contributed by atoms with van der Waals surface area (Å²) < 4.78 is 38.3. The molecule has 0 radical (unpaired) electrons. The molecule has 160 valence electrons. The van der Waals surface area contributed by atoms with Crippen molar-refractivity contribution in [2.75, 3.05) is 24.5 Å². The Morgan fingerprint density at radius 1 is 1.17 bits per heavy atom. The Morgan fingerprint density at radius 2 is 1.97 bits per heavy atom. The first-order chi connectivity index (χ1) is 14.2. The van der Waals surface area contributed by atoms with Crippen LogP contribution in [0.15, 0.2) is 24.5 Å². The van der Waals surface area contributed by atoms with Gasteiger partial charge in [-0.3, -0.25) is 10.00 Å². The second-order valence-electron chi connectivity index (χ2n) is 7.75. The smallest absolute Gasteiger partial charge is 0.351 e. The van der Waals surface area contributed by atoms with Gasteiger partial charge in [0.25, 0.3) is 0 Å². The average Bonchev–Trinajstić information content (AvgIpc) is 3.27. The monoisotopic (exact) mass is 419 g/mol. The highest BCUT2D eigenvalue weighted by molar-refractivity contribution is 5.55. The van der Waals surface area contributed by atoms with Crippen LogP contribution in [0.5, 0.6) is 0 Å². The van der Waals surface area contributed by atoms with Crippen molar-refractivity contribution < 1.29 is 13.2 Å². The summed E-state index contributed by atoms with van der Waals surface area (Å²) in [5, 5.41) is 7.22. The summed E-state index contributed by atoms with van der Waals surface area (Å²) in [7, 11) is 0. The molecule has 2 N–H and O–H groups in total. The van der Waals surface area contributed by atoms with Crippen molar-refractivity contribution >= 4 is 5.82 Å². The fourth-order valence-electron chi connectivity index (χ4n) is 3.78. The lowest BCUT2D eigenvalue weighted by Crippen LogP contribution is -2.51. The Balaban J connectivity index is 1.43. The molecule has 4 rings (SSSR count). The Bertz CT molecular complexity index is 987. The zero-order valence-corrected chi connectivity index (χ0v) is 17.1. The third-order valence-electron chi connectivity index (χ3n) is 5.56. The maximum absolute atomic E-state index is 12.8. The van der Waals surface area contributed by atoms with Crippen LogP contribution in [0.4, 0.5) is 19.0 Å². The van der Waals surface area contributed by atoms with Crippen LogP contribution in [0.1, 0.15) is 29.4 Å². The van der Waals surface area contributed by atoms with Crippen molar-refractivity contribution in [1.82, 2.24) is 30.0 Å². The molecule has 1 aliphatic heterocycles. The molecule has 30 heavy (non-hydrogen) atoms. The zero-order valence-electron chi connectivity index (χ0n) is 17.1. The number of nitrogens with zero attached hydrogens (tertiary/aromatic N) is 5. The van der Waals surface area contributed by atoms with Gasteiger partial charge in [-0.25, -0.2) is 9.97 Å². The lowest BCUT2D eigenvalue weighted by molar-refractivity contribution is -0.137. The van der Waals surface area contributed by atoms with Gasteiger partial charge < -0.3 is 9.88 Å². The van der Waals surface area contributed by atoms with Gasteiger partial charge >= 0.3 is 6.18 Å². The molecule has 0 saturated carbocycles. The van der Waals surface area contributed by atoms with Crippen LogP contribution >= 0.6 is 0 Å². The van der Waals surface area contributed by atoms with Crippen molar-refractivity contribution in [3.8, 4) is 11.5 Å². The summed E-state index contributed by atoms with van der Waals surface area (Å²) in [5.74, 6) is 1.35. The minimum Gasteiger partial charge on any atom is -0.351 e. The van der Waals surface area contributed by atoms with E-state index in [1.165, 1.54) is 6.07 Å². The van der Waals surface area contributed by atoms with Gasteiger partial charge in [0.1, 0.15) is 11.5 Å². The van der Waals surface area contributed by atoms with Gasteiger partial charge in [0.2, 0.25) is 0 Å². The SMILES string of the molecule is Cc1nc(-c2[nH]ncc2CN2CCN(c3ccc(C(F)(F)F)cn3)[C@H](C)C2)[nH]c1C. The number of pyridine rings is 1. The number of imidazole rings is 1. The third kappa shape index (κ3) is 4.04. The topological polar surface area (TPSA) is 76.7 Å². The number of piperazine rings is 1. The molecule has 1 fully saturated rings. The normalized spacial score (nSPS) is 18.2. The summed E-state index contributed by atoms with van der Waals surface area (Å²) in [6.07, 6.45) is -1.65. The minimum absolute atomic E-state index is 0.117. The highest BCUT2D eigenvalue weighted by atomic mass is 19.4. The molecule has 3 aromatic heterocycles. The molecule has 0 aliphatic carbocycles. The summed E-state index contributed by atoms with van der Waals surface area (Å²) in [4.78, 5) is 16.2. The number of rotatable bonds is 4. The van der Waals surface area contributed by atoms with Gasteiger partial charge in [0, 0.05) is 49.7 Å². The number of aromatic amines is 2. The number of hydrogen-bond donors (Lipinski definition) is 2. The molecule has 3 aromatic rings. The highest BCUT2D eigenvalue weighted by Gasteiger charge is 2.32. The quantitative estimate of drug-likeness (QED) is 0.677. The molecule has 4 heterocycles. The molecular weight excluding hydrogens is 395 g/mol. The van der Waals surface area contributed by atoms with E-state index in [9.17, 15) is 13.2 Å². The number of H-pyrrole nitrogens is 2. The first-order valence-electron chi connectivity index (χ1n) is 9.80. The van der Waals surface area contributed by atoms with Crippen molar-refractivity contribution in [3.05, 3.63) is 47.0 Å². The fourth-order valence-corrected chi connectivity index (χ4v) is 3.78. The van der Waals surface area contributed by atoms with E-state index >= 15 is 0 Å². The predicted octanol–water partition coefficient (Wildman–Crippen LogP) is 3.54. The molecule has 1 saturated heterocycles. The van der Waals surface area contributed by atoms with E-state index in [0.29, 0.717) is 18.9 Å². The fraction of sp³-hybridized carbons (Fsp3) is 0.450. The molecule has 7 nitrogen and oxygen atoms in total. The number of anilines is 1. The number of aryl methyl sites for hydroxylation is 2. The molecule has 1 aliphatic rings. The van der Waals surface area contributed by atoms with E-state index in [0.717, 1.165) is 53.8 Å². The average molecular weight is 419 g/mol. The number of nitrogens with one attached hydrogen (secondary N) is 2. The Kier molecular flexibility index (Phi) is 5.27. The van der Waals surface area contributed by atoms with E-state index < -0.39 is 11.7 Å². The minimum atomic E-state index is -4.37. The molecule has 0 bridgehead atoms. The Hall–Kier alpha value is -2.88. The van der Waals surface area contributed by atoms with Crippen molar-refractivity contribution in [1.29, 1.82) is 0 Å². The number of hydrogen-bond acceptors (Lipinski definition) is 5. The summed E-state index contributed by atoms with van der Waals surface area (Å²) in [6, 6.07) is 2.66. The van der Waals surface area contributed by atoms with E-state index in [1.807, 2.05) is 24.9 Å². The Labute approximate surface area is 172 Å². The lowest BCUT2D eigenvalue weighted by atomic mass is 10.1. The van der Waals surface area contributed by atoms with Crippen LogP contribution < -0.4 is 4.90 Å². The molecule has 0 amide bonds. The van der Waals surface area contributed by atoms with E-state index in [1.54, 1.807) is 0 Å². The van der Waals surface area contributed by atoms with Crippen molar-refractivity contribution in [2.24, 2.45) is 0 Å². The van der Waals surface area contributed by atoms with Crippen molar-refractivity contribution in [3.63, 3.8) is 0 Å². The van der Waals surface area contributed by atoms with Crippen LogP contribution in [0.3, 0.4) is 0 Å². The van der Waals surface area contributed by atoms with Gasteiger partial charge in [0.05, 0.1) is 17.5 Å². The van der Waals surface area contributed by atoms with Crippen LogP contribution in [-0.4, -0.2) is 55.7 Å². The number of halogens is 3. The number of alkyl halides is 3. The molecule has 0 spiro atoms. The van der Waals surface area contributed by atoms with Gasteiger partial charge in [-0.1, -0.05) is 0 Å². The first-order valence-corrected chi connectivity index (χ1v) is 9.80. The summed E-state index contributed by atoms with van der Waals surface area (Å²) in [6.45, 7) is 8.94. The molecule has 0 aromatic carbocycles. The number of aromatic nitrogens is 5. The van der Waals surface area contributed by atoms with Crippen LogP contribution in [0.25, 0.3) is 11.5 Å². The van der Waals surface area contributed by atoms with Crippen LogP contribution in [-0.2, 0) is 12.7 Å². The highest BCUT2D eigenvalue weighted by Crippen LogP contribution is 2.30. The third-order valence-corrected chi connectivity index (χ3v) is 5.56. The van der Waals surface area contributed by atoms with Gasteiger partial charge in [-0.15, -0.1) is 0 Å². The zero-order chi connectivity index (χ0) is 21.5. The predicted molar refractivity (Wildman–Crippen MR) is 107 cm³/mol. The molecule has 10 heteroatoms. The molecule has 0 unspecified atom stereocenters. The second-order valence-corrected chi connectivity index (χ2v) is 7.75. The van der Waals surface area contributed by atoms with E-state index in [-0.39, 0.29) is 6.04 Å². The van der Waals surface area contributed by atoms with Crippen LogP contribution in [0.2, 0.25) is 0 Å². The van der Waals surface area contributed by atoms with Gasteiger partial charge in [0.15, 0.2) is 5.82 Å². The molecule has 1 atom stereocenters. The maximum atomic E-state index is 12.8. The van der Waals surface area contributed by atoms with Crippen LogP contribution in [0, 0.1) is 13.8 Å². The Morgan fingerprint density at radius 3 is 2.57 bits per heavy atom. The van der Waals surface area contributed by atoms with Crippen molar-refractivity contribution in [2.45, 2.75) is 39.5 Å². The van der Waals surface area contributed by atoms with Gasteiger partial charge in [-0.05, 0) is 32.9 Å². The summed E-state index contributed by atoms with van der Waals surface area (Å²) >= 11 is 0. The van der Waals surface area contributed by atoms with E-state index in [2.05, 4.69) is 37.0 Å². The first kappa shape index (κ1) is 20.4. The lowest BCUT2D eigenvalue weighted by Gasteiger charge is -2.40. The second kappa shape index (κ2) is 7.75. The largest absolute Gasteiger partial charge is 0.417 e. The maximum Gasteiger partial charge on any atom is 0.417 e. The summed E-state index contributed by atoms with van der Waals surface area (Å²) in [5.41, 5.74) is 3.19. The standard InChI is InChI=1S/C20H24F3N7/c1-12-10-29(6-7-30(12)17-5-4-16(9-24-17)20(21,22)23)11-15-8-25-28-18(15)19-26-13(2)14(3)27-19/h4-5,8-9,12H,6-7,10-11H2,1-3H3,(H,25,28)(H,26,27)/t12-/m1/s1. The van der Waals surface area contributed by atoms with E-state index in [4.69, 9.17) is 0 Å².